The molecule has 23 heavy (non-hydrogen) atoms. The lowest BCUT2D eigenvalue weighted by atomic mass is 10.2. The van der Waals surface area contributed by atoms with Crippen molar-refractivity contribution >= 4 is 23.3 Å². The quantitative estimate of drug-likeness (QED) is 0.808. The van der Waals surface area contributed by atoms with Crippen LogP contribution < -0.4 is 0 Å². The Bertz CT molecular complexity index is 696. The lowest BCUT2D eigenvalue weighted by molar-refractivity contribution is -0.127. The fourth-order valence-corrected chi connectivity index (χ4v) is 3.42. The van der Waals surface area contributed by atoms with Crippen molar-refractivity contribution in [1.29, 1.82) is 0 Å². The van der Waals surface area contributed by atoms with Crippen LogP contribution in [0.5, 0.6) is 0 Å². The largest absolute Gasteiger partial charge is 0.360 e. The van der Waals surface area contributed by atoms with E-state index in [1.54, 1.807) is 17.4 Å². The van der Waals surface area contributed by atoms with Crippen LogP contribution in [0.15, 0.2) is 28.8 Å². The molecule has 1 amide bonds. The minimum absolute atomic E-state index is 0.0891. The predicted octanol–water partition coefficient (Wildman–Crippen LogP) is 2.71. The summed E-state index contributed by atoms with van der Waals surface area (Å²) >= 11 is 1.70. The first-order valence-electron chi connectivity index (χ1n) is 7.78. The molecular weight excluding hydrogens is 310 g/mol. The summed E-state index contributed by atoms with van der Waals surface area (Å²) in [6.45, 7) is 7.96. The Kier molecular flexibility index (Phi) is 4.93. The third kappa shape index (κ3) is 4.30. The molecule has 0 N–H and O–H groups in total. The van der Waals surface area contributed by atoms with Gasteiger partial charge in [0.25, 0.3) is 0 Å². The minimum Gasteiger partial charge on any atom is -0.360 e. The van der Waals surface area contributed by atoms with Crippen molar-refractivity contribution in [3.05, 3.63) is 45.5 Å². The van der Waals surface area contributed by atoms with Crippen molar-refractivity contribution in [2.75, 3.05) is 26.2 Å². The van der Waals surface area contributed by atoms with Crippen LogP contribution in [-0.4, -0.2) is 47.0 Å². The van der Waals surface area contributed by atoms with Gasteiger partial charge in [-0.2, -0.15) is 0 Å². The second-order valence-corrected chi connectivity index (χ2v) is 7.14. The number of aryl methyl sites for hydroxylation is 2. The summed E-state index contributed by atoms with van der Waals surface area (Å²) in [6.07, 6.45) is 3.59. The highest BCUT2D eigenvalue weighted by molar-refractivity contribution is 7.12. The van der Waals surface area contributed by atoms with Crippen LogP contribution in [0.4, 0.5) is 0 Å². The molecule has 1 fully saturated rings. The molecular formula is C17H21N3O2S. The van der Waals surface area contributed by atoms with Crippen molar-refractivity contribution < 1.29 is 9.32 Å². The van der Waals surface area contributed by atoms with Crippen LogP contribution in [0.2, 0.25) is 0 Å². The Labute approximate surface area is 140 Å². The van der Waals surface area contributed by atoms with E-state index in [1.807, 2.05) is 30.0 Å². The maximum Gasteiger partial charge on any atom is 0.246 e. The van der Waals surface area contributed by atoms with Crippen molar-refractivity contribution in [3.63, 3.8) is 0 Å². The predicted molar refractivity (Wildman–Crippen MR) is 91.2 cm³/mol. The second kappa shape index (κ2) is 7.10. The highest BCUT2D eigenvalue weighted by Crippen LogP contribution is 2.17. The lowest BCUT2D eigenvalue weighted by Gasteiger charge is -2.33. The van der Waals surface area contributed by atoms with E-state index >= 15 is 0 Å². The molecule has 122 valence electrons. The second-order valence-electron chi connectivity index (χ2n) is 5.82. The standard InChI is InChI=1S/C17H21N3O2S/c1-13-11-15(22-18-13)12-19-7-9-20(10-8-19)17(21)6-5-16-4-3-14(2)23-16/h3-6,11H,7-10,12H2,1-2H3/b6-5-. The molecule has 0 radical (unpaired) electrons. The van der Waals surface area contributed by atoms with E-state index in [9.17, 15) is 4.79 Å². The average Bonchev–Trinajstić information content (AvgIpc) is 3.14. The first-order valence-corrected chi connectivity index (χ1v) is 8.60. The number of carbonyl (C=O) groups is 1. The van der Waals surface area contributed by atoms with E-state index < -0.39 is 0 Å². The molecule has 1 aliphatic rings. The average molecular weight is 331 g/mol. The number of nitrogens with zero attached hydrogens (tertiary/aromatic N) is 3. The van der Waals surface area contributed by atoms with Crippen LogP contribution in [0, 0.1) is 13.8 Å². The summed E-state index contributed by atoms with van der Waals surface area (Å²) in [6, 6.07) is 6.07. The van der Waals surface area contributed by atoms with Gasteiger partial charge in [-0.15, -0.1) is 11.3 Å². The summed E-state index contributed by atoms with van der Waals surface area (Å²) in [7, 11) is 0. The van der Waals surface area contributed by atoms with Gasteiger partial charge in [-0.25, -0.2) is 0 Å². The molecule has 0 spiro atoms. The van der Waals surface area contributed by atoms with Gasteiger partial charge in [0.15, 0.2) is 5.76 Å². The third-order valence-corrected chi connectivity index (χ3v) is 4.86. The lowest BCUT2D eigenvalue weighted by Crippen LogP contribution is -2.47. The van der Waals surface area contributed by atoms with Crippen LogP contribution >= 0.6 is 11.3 Å². The van der Waals surface area contributed by atoms with Crippen LogP contribution in [-0.2, 0) is 11.3 Å². The zero-order chi connectivity index (χ0) is 16.2. The number of amides is 1. The summed E-state index contributed by atoms with van der Waals surface area (Å²) in [5.41, 5.74) is 0.905. The molecule has 6 heteroatoms. The summed E-state index contributed by atoms with van der Waals surface area (Å²) < 4.78 is 5.25. The zero-order valence-corrected chi connectivity index (χ0v) is 14.3. The van der Waals surface area contributed by atoms with E-state index in [1.165, 1.54) is 4.88 Å². The molecule has 3 heterocycles. The van der Waals surface area contributed by atoms with E-state index in [0.29, 0.717) is 0 Å². The number of carbonyl (C=O) groups excluding carboxylic acids is 1. The molecule has 0 aliphatic carbocycles. The van der Waals surface area contributed by atoms with Gasteiger partial charge in [0.1, 0.15) is 0 Å². The fraction of sp³-hybridized carbons (Fsp3) is 0.412. The molecule has 1 aliphatic heterocycles. The Balaban J connectivity index is 1.48. The number of hydrogen-bond acceptors (Lipinski definition) is 5. The topological polar surface area (TPSA) is 49.6 Å². The van der Waals surface area contributed by atoms with Gasteiger partial charge in [-0.3, -0.25) is 9.69 Å². The molecule has 2 aromatic rings. The Morgan fingerprint density at radius 1 is 1.30 bits per heavy atom. The number of aromatic nitrogens is 1. The van der Waals surface area contributed by atoms with Crippen LogP contribution in [0.25, 0.3) is 6.08 Å². The summed E-state index contributed by atoms with van der Waals surface area (Å²) in [5, 5.41) is 3.91. The molecule has 0 bridgehead atoms. The Morgan fingerprint density at radius 2 is 2.09 bits per heavy atom. The van der Waals surface area contributed by atoms with E-state index in [4.69, 9.17) is 4.52 Å². The van der Waals surface area contributed by atoms with Crippen LogP contribution in [0.3, 0.4) is 0 Å². The Morgan fingerprint density at radius 3 is 2.70 bits per heavy atom. The van der Waals surface area contributed by atoms with Gasteiger partial charge in [0.05, 0.1) is 12.2 Å². The molecule has 3 rings (SSSR count). The summed E-state index contributed by atoms with van der Waals surface area (Å²) in [4.78, 5) is 18.8. The van der Waals surface area contributed by atoms with Gasteiger partial charge >= 0.3 is 0 Å². The highest BCUT2D eigenvalue weighted by atomic mass is 32.1. The molecule has 0 saturated carbocycles. The normalized spacial score (nSPS) is 16.3. The van der Waals surface area contributed by atoms with Gasteiger partial charge in [0, 0.05) is 48.1 Å². The van der Waals surface area contributed by atoms with E-state index in [-0.39, 0.29) is 5.91 Å². The number of piperazine rings is 1. The number of hydrogen-bond donors (Lipinski definition) is 0. The molecule has 0 atom stereocenters. The zero-order valence-electron chi connectivity index (χ0n) is 13.5. The van der Waals surface area contributed by atoms with Gasteiger partial charge in [-0.05, 0) is 32.1 Å². The van der Waals surface area contributed by atoms with Crippen LogP contribution in [0.1, 0.15) is 21.2 Å². The van der Waals surface area contributed by atoms with Gasteiger partial charge in [0.2, 0.25) is 5.91 Å². The van der Waals surface area contributed by atoms with Crippen molar-refractivity contribution in [3.8, 4) is 0 Å². The minimum atomic E-state index is 0.0891. The van der Waals surface area contributed by atoms with Gasteiger partial charge < -0.3 is 9.42 Å². The molecule has 0 unspecified atom stereocenters. The number of thiophene rings is 1. The molecule has 2 aromatic heterocycles. The maximum atomic E-state index is 12.2. The summed E-state index contributed by atoms with van der Waals surface area (Å²) in [5.74, 6) is 0.974. The first kappa shape index (κ1) is 16.0. The van der Waals surface area contributed by atoms with Crippen molar-refractivity contribution in [2.45, 2.75) is 20.4 Å². The monoisotopic (exact) mass is 331 g/mol. The molecule has 1 saturated heterocycles. The van der Waals surface area contributed by atoms with E-state index in [2.05, 4.69) is 23.0 Å². The maximum absolute atomic E-state index is 12.2. The molecule has 0 aromatic carbocycles. The first-order chi connectivity index (χ1) is 11.1. The molecule has 5 nitrogen and oxygen atoms in total. The fourth-order valence-electron chi connectivity index (χ4n) is 2.64. The van der Waals surface area contributed by atoms with Crippen molar-refractivity contribution in [1.82, 2.24) is 15.0 Å². The Hall–Kier alpha value is -1.92. The highest BCUT2D eigenvalue weighted by Gasteiger charge is 2.20. The van der Waals surface area contributed by atoms with Gasteiger partial charge in [-0.1, -0.05) is 5.16 Å². The van der Waals surface area contributed by atoms with Crippen molar-refractivity contribution in [2.24, 2.45) is 0 Å². The third-order valence-electron chi connectivity index (χ3n) is 3.89. The number of rotatable bonds is 4. The smallest absolute Gasteiger partial charge is 0.246 e. The van der Waals surface area contributed by atoms with E-state index in [0.717, 1.165) is 49.1 Å². The SMILES string of the molecule is Cc1cc(CN2CCN(C(=O)/C=C\c3ccc(C)s3)CC2)on1.